The summed E-state index contributed by atoms with van der Waals surface area (Å²) in [6, 6.07) is 8.52. The van der Waals surface area contributed by atoms with Crippen molar-refractivity contribution < 1.29 is 4.79 Å². The lowest BCUT2D eigenvalue weighted by Gasteiger charge is -2.12. The summed E-state index contributed by atoms with van der Waals surface area (Å²) < 4.78 is 0. The molecule has 5 heteroatoms. The fourth-order valence-corrected chi connectivity index (χ4v) is 3.52. The monoisotopic (exact) mass is 315 g/mol. The number of anilines is 1. The van der Waals surface area contributed by atoms with Gasteiger partial charge in [-0.15, -0.1) is 11.3 Å². The van der Waals surface area contributed by atoms with Gasteiger partial charge in [0.05, 0.1) is 6.54 Å². The smallest absolute Gasteiger partial charge is 0.240 e. The van der Waals surface area contributed by atoms with Gasteiger partial charge in [0, 0.05) is 17.5 Å². The molecule has 4 nitrogen and oxygen atoms in total. The lowest BCUT2D eigenvalue weighted by atomic mass is 10.1. The first-order valence-corrected chi connectivity index (χ1v) is 8.53. The Morgan fingerprint density at radius 3 is 2.73 bits per heavy atom. The molecule has 0 aliphatic carbocycles. The van der Waals surface area contributed by atoms with Crippen LogP contribution in [0.5, 0.6) is 0 Å². The molecule has 22 heavy (non-hydrogen) atoms. The molecule has 0 unspecified atom stereocenters. The van der Waals surface area contributed by atoms with E-state index in [1.54, 1.807) is 11.3 Å². The summed E-state index contributed by atoms with van der Waals surface area (Å²) in [4.78, 5) is 19.7. The van der Waals surface area contributed by atoms with Gasteiger partial charge in [-0.25, -0.2) is 4.98 Å². The van der Waals surface area contributed by atoms with Crippen molar-refractivity contribution in [1.29, 1.82) is 0 Å². The van der Waals surface area contributed by atoms with Crippen molar-refractivity contribution in [2.75, 3.05) is 25.0 Å². The average Bonchev–Trinajstić information content (AvgIpc) is 3.14. The molecular formula is C17H21N3OS. The van der Waals surface area contributed by atoms with Gasteiger partial charge in [0.1, 0.15) is 0 Å². The molecule has 0 radical (unpaired) electrons. The highest BCUT2D eigenvalue weighted by Gasteiger charge is 2.15. The predicted molar refractivity (Wildman–Crippen MR) is 90.4 cm³/mol. The quantitative estimate of drug-likeness (QED) is 0.922. The van der Waals surface area contributed by atoms with Crippen molar-refractivity contribution in [2.45, 2.75) is 26.2 Å². The van der Waals surface area contributed by atoms with Gasteiger partial charge in [-0.1, -0.05) is 29.8 Å². The van der Waals surface area contributed by atoms with Crippen molar-refractivity contribution >= 4 is 22.4 Å². The first kappa shape index (κ1) is 15.2. The largest absolute Gasteiger partial charge is 0.301 e. The van der Waals surface area contributed by atoms with E-state index in [1.807, 2.05) is 6.20 Å². The second kappa shape index (κ2) is 7.03. The van der Waals surface area contributed by atoms with Crippen LogP contribution in [0.2, 0.25) is 0 Å². The van der Waals surface area contributed by atoms with Crippen molar-refractivity contribution in [3.63, 3.8) is 0 Å². The molecule has 116 valence electrons. The highest BCUT2D eigenvalue weighted by molar-refractivity contribution is 7.15. The number of aromatic nitrogens is 1. The van der Waals surface area contributed by atoms with Gasteiger partial charge < -0.3 is 5.32 Å². The van der Waals surface area contributed by atoms with Crippen molar-refractivity contribution in [2.24, 2.45) is 0 Å². The summed E-state index contributed by atoms with van der Waals surface area (Å²) in [5.74, 6) is 0.0399. The van der Waals surface area contributed by atoms with Crippen LogP contribution in [-0.2, 0) is 11.2 Å². The second-order valence-corrected chi connectivity index (χ2v) is 6.94. The fourth-order valence-electron chi connectivity index (χ4n) is 2.66. The number of rotatable bonds is 5. The van der Waals surface area contributed by atoms with Crippen molar-refractivity contribution in [3.8, 4) is 0 Å². The Hall–Kier alpha value is -1.72. The van der Waals surface area contributed by atoms with Crippen LogP contribution in [-0.4, -0.2) is 35.4 Å². The van der Waals surface area contributed by atoms with E-state index in [4.69, 9.17) is 0 Å². The third-order valence-corrected chi connectivity index (χ3v) is 4.78. The topological polar surface area (TPSA) is 45.2 Å². The maximum atomic E-state index is 12.0. The van der Waals surface area contributed by atoms with Crippen LogP contribution in [0.15, 0.2) is 30.5 Å². The Bertz CT molecular complexity index is 630. The summed E-state index contributed by atoms with van der Waals surface area (Å²) in [5.41, 5.74) is 2.53. The molecule has 2 aromatic rings. The Kier molecular flexibility index (Phi) is 4.85. The number of aryl methyl sites for hydroxylation is 1. The zero-order valence-electron chi connectivity index (χ0n) is 12.8. The minimum atomic E-state index is 0.0399. The summed E-state index contributed by atoms with van der Waals surface area (Å²) in [6.45, 7) is 4.63. The number of hydrogen-bond acceptors (Lipinski definition) is 4. The minimum absolute atomic E-state index is 0.0399. The zero-order valence-corrected chi connectivity index (χ0v) is 13.7. The van der Waals surface area contributed by atoms with Gasteiger partial charge in [-0.2, -0.15) is 0 Å². The molecule has 0 atom stereocenters. The van der Waals surface area contributed by atoms with Crippen LogP contribution in [0.1, 0.15) is 28.8 Å². The van der Waals surface area contributed by atoms with E-state index in [2.05, 4.69) is 46.4 Å². The molecular weight excluding hydrogens is 294 g/mol. The van der Waals surface area contributed by atoms with Gasteiger partial charge >= 0.3 is 0 Å². The summed E-state index contributed by atoms with van der Waals surface area (Å²) in [5, 5.41) is 3.61. The highest BCUT2D eigenvalue weighted by atomic mass is 32.1. The molecule has 0 bridgehead atoms. The van der Waals surface area contributed by atoms with Gasteiger partial charge in [-0.05, 0) is 38.4 Å². The minimum Gasteiger partial charge on any atom is -0.301 e. The number of nitrogens with one attached hydrogen (secondary N) is 1. The number of nitrogens with zero attached hydrogens (tertiary/aromatic N) is 2. The molecule has 0 saturated carbocycles. The van der Waals surface area contributed by atoms with E-state index in [-0.39, 0.29) is 5.91 Å². The molecule has 1 aliphatic heterocycles. The van der Waals surface area contributed by atoms with Crippen molar-refractivity contribution in [1.82, 2.24) is 9.88 Å². The van der Waals surface area contributed by atoms with Gasteiger partial charge in [0.15, 0.2) is 5.13 Å². The van der Waals surface area contributed by atoms with Crippen LogP contribution in [0.4, 0.5) is 5.13 Å². The molecule has 1 N–H and O–H groups in total. The Labute approximate surface area is 135 Å². The van der Waals surface area contributed by atoms with Crippen LogP contribution in [0.25, 0.3) is 0 Å². The molecule has 1 amide bonds. The molecule has 2 heterocycles. The molecule has 1 saturated heterocycles. The number of benzene rings is 1. The number of carbonyl (C=O) groups is 1. The third kappa shape index (κ3) is 4.15. The predicted octanol–water partition coefficient (Wildman–Crippen LogP) is 3.08. The maximum absolute atomic E-state index is 12.0. The number of likely N-dealkylation sites (tertiary alicyclic amines) is 1. The van der Waals surface area contributed by atoms with Gasteiger partial charge in [-0.3, -0.25) is 9.69 Å². The first-order chi connectivity index (χ1) is 10.7. The van der Waals surface area contributed by atoms with E-state index >= 15 is 0 Å². The van der Waals surface area contributed by atoms with Crippen LogP contribution < -0.4 is 5.32 Å². The summed E-state index contributed by atoms with van der Waals surface area (Å²) in [6.07, 6.45) is 5.12. The Balaban J connectivity index is 1.54. The van der Waals surface area contributed by atoms with Crippen LogP contribution >= 0.6 is 11.3 Å². The molecule has 1 fully saturated rings. The molecule has 1 aromatic heterocycles. The van der Waals surface area contributed by atoms with Crippen molar-refractivity contribution in [3.05, 3.63) is 46.5 Å². The average molecular weight is 315 g/mol. The lowest BCUT2D eigenvalue weighted by Crippen LogP contribution is -2.30. The SMILES string of the molecule is Cc1ccc(Cc2cnc(NC(=O)CN3CCCC3)s2)cc1. The normalized spacial score (nSPS) is 15.1. The molecule has 3 rings (SSSR count). The molecule has 0 spiro atoms. The number of hydrogen-bond donors (Lipinski definition) is 1. The van der Waals surface area contributed by atoms with E-state index in [1.165, 1.54) is 28.8 Å². The van der Waals surface area contributed by atoms with E-state index < -0.39 is 0 Å². The number of carbonyl (C=O) groups excluding carboxylic acids is 1. The summed E-state index contributed by atoms with van der Waals surface area (Å²) in [7, 11) is 0. The maximum Gasteiger partial charge on any atom is 0.240 e. The molecule has 1 aromatic carbocycles. The van der Waals surface area contributed by atoms with E-state index in [9.17, 15) is 4.79 Å². The number of thiazole rings is 1. The highest BCUT2D eigenvalue weighted by Crippen LogP contribution is 2.21. The van der Waals surface area contributed by atoms with Crippen LogP contribution in [0.3, 0.4) is 0 Å². The van der Waals surface area contributed by atoms with Gasteiger partial charge in [0.25, 0.3) is 0 Å². The zero-order chi connectivity index (χ0) is 15.4. The summed E-state index contributed by atoms with van der Waals surface area (Å²) >= 11 is 1.56. The second-order valence-electron chi connectivity index (χ2n) is 5.83. The van der Waals surface area contributed by atoms with Crippen LogP contribution in [0, 0.1) is 6.92 Å². The van der Waals surface area contributed by atoms with E-state index in [0.29, 0.717) is 11.7 Å². The van der Waals surface area contributed by atoms with Gasteiger partial charge in [0.2, 0.25) is 5.91 Å². The lowest BCUT2D eigenvalue weighted by molar-refractivity contribution is -0.117. The standard InChI is InChI=1S/C17H21N3OS/c1-13-4-6-14(7-5-13)10-15-11-18-17(22-15)19-16(21)12-20-8-2-3-9-20/h4-7,11H,2-3,8-10,12H2,1H3,(H,18,19,21). The Morgan fingerprint density at radius 1 is 1.27 bits per heavy atom. The fraction of sp³-hybridized carbons (Fsp3) is 0.412. The third-order valence-electron chi connectivity index (χ3n) is 3.86. The molecule has 1 aliphatic rings. The Morgan fingerprint density at radius 2 is 2.00 bits per heavy atom. The first-order valence-electron chi connectivity index (χ1n) is 7.71. The number of amides is 1. The van der Waals surface area contributed by atoms with E-state index in [0.717, 1.165) is 19.5 Å².